The zero-order valence-corrected chi connectivity index (χ0v) is 17.0. The van der Waals surface area contributed by atoms with Gasteiger partial charge in [-0.1, -0.05) is 19.9 Å². The summed E-state index contributed by atoms with van der Waals surface area (Å²) >= 11 is 1.15. The van der Waals surface area contributed by atoms with Gasteiger partial charge in [-0.2, -0.15) is 0 Å². The van der Waals surface area contributed by atoms with E-state index in [0.29, 0.717) is 30.2 Å². The molecule has 0 radical (unpaired) electrons. The zero-order valence-electron chi connectivity index (χ0n) is 16.2. The van der Waals surface area contributed by atoms with Crippen molar-refractivity contribution in [3.8, 4) is 21.9 Å². The molecule has 0 saturated heterocycles. The Hall–Kier alpha value is -3.00. The average Bonchev–Trinajstić information content (AvgIpc) is 3.09. The van der Waals surface area contributed by atoms with E-state index < -0.39 is 23.2 Å². The number of aromatic nitrogens is 1. The summed E-state index contributed by atoms with van der Waals surface area (Å²) in [5, 5.41) is 2.39. The van der Waals surface area contributed by atoms with Crippen LogP contribution in [0.2, 0.25) is 0 Å². The number of thiazole rings is 1. The minimum absolute atomic E-state index is 0.123. The standard InChI is InChI=1S/C19H14F2N2O3S.C2H6/c1-25-10-5-6-15-11(9-10)17-14(7-8-26-15)22-19(27-17)18(24)23-16-12(20)3-2-4-13(16)21;1-2/h2-6,9H,7-8H2,1H3,(H,23,24);1-2H3. The second-order valence-electron chi connectivity index (χ2n) is 5.81. The first-order valence-electron chi connectivity index (χ1n) is 9.13. The molecule has 0 bridgehead atoms. The van der Waals surface area contributed by atoms with Gasteiger partial charge in [0.25, 0.3) is 5.91 Å². The fourth-order valence-corrected chi connectivity index (χ4v) is 3.84. The van der Waals surface area contributed by atoms with Crippen molar-refractivity contribution in [2.45, 2.75) is 20.3 Å². The quantitative estimate of drug-likeness (QED) is 0.626. The summed E-state index contributed by atoms with van der Waals surface area (Å²) in [6, 6.07) is 8.80. The summed E-state index contributed by atoms with van der Waals surface area (Å²) in [6.45, 7) is 4.42. The molecule has 29 heavy (non-hydrogen) atoms. The van der Waals surface area contributed by atoms with E-state index in [1.165, 1.54) is 6.07 Å². The van der Waals surface area contributed by atoms with Crippen molar-refractivity contribution in [2.75, 3.05) is 19.0 Å². The Morgan fingerprint density at radius 1 is 1.21 bits per heavy atom. The van der Waals surface area contributed by atoms with E-state index in [0.717, 1.165) is 33.9 Å². The smallest absolute Gasteiger partial charge is 0.284 e. The second-order valence-corrected chi connectivity index (χ2v) is 6.81. The fourth-order valence-electron chi connectivity index (χ4n) is 2.81. The average molecular weight is 418 g/mol. The van der Waals surface area contributed by atoms with Gasteiger partial charge >= 0.3 is 0 Å². The number of rotatable bonds is 3. The van der Waals surface area contributed by atoms with E-state index in [2.05, 4.69) is 10.3 Å². The zero-order chi connectivity index (χ0) is 21.0. The SMILES string of the molecule is CC.COc1ccc2c(c1)-c1sc(C(=O)Nc3c(F)cccc3F)nc1CCO2. The van der Waals surface area contributed by atoms with Crippen LogP contribution in [0.3, 0.4) is 0 Å². The molecule has 152 valence electrons. The molecule has 0 atom stereocenters. The molecule has 1 aromatic heterocycles. The molecule has 0 fully saturated rings. The van der Waals surface area contributed by atoms with Gasteiger partial charge in [-0.15, -0.1) is 11.3 Å². The molecule has 1 aliphatic rings. The Morgan fingerprint density at radius 2 is 1.93 bits per heavy atom. The maximum absolute atomic E-state index is 13.8. The van der Waals surface area contributed by atoms with Crippen molar-refractivity contribution >= 4 is 22.9 Å². The number of methoxy groups -OCH3 is 1. The molecule has 3 aromatic rings. The van der Waals surface area contributed by atoms with E-state index in [9.17, 15) is 13.6 Å². The molecule has 2 heterocycles. The summed E-state index contributed by atoms with van der Waals surface area (Å²) in [7, 11) is 1.56. The predicted molar refractivity (Wildman–Crippen MR) is 109 cm³/mol. The molecular weight excluding hydrogens is 398 g/mol. The maximum Gasteiger partial charge on any atom is 0.284 e. The van der Waals surface area contributed by atoms with Crippen LogP contribution in [0.5, 0.6) is 11.5 Å². The molecule has 1 aliphatic heterocycles. The number of nitrogens with one attached hydrogen (secondary N) is 1. The van der Waals surface area contributed by atoms with Gasteiger partial charge in [0.2, 0.25) is 0 Å². The Morgan fingerprint density at radius 3 is 2.62 bits per heavy atom. The molecule has 1 amide bonds. The van der Waals surface area contributed by atoms with Gasteiger partial charge < -0.3 is 14.8 Å². The number of carbonyl (C=O) groups excluding carboxylic acids is 1. The highest BCUT2D eigenvalue weighted by molar-refractivity contribution is 7.17. The number of carbonyl (C=O) groups is 1. The van der Waals surface area contributed by atoms with Gasteiger partial charge in [-0.3, -0.25) is 4.79 Å². The van der Waals surface area contributed by atoms with Crippen molar-refractivity contribution in [3.63, 3.8) is 0 Å². The lowest BCUT2D eigenvalue weighted by molar-refractivity contribution is 0.102. The van der Waals surface area contributed by atoms with E-state index in [1.807, 2.05) is 19.9 Å². The van der Waals surface area contributed by atoms with Crippen molar-refractivity contribution in [3.05, 3.63) is 58.7 Å². The molecular formula is C21H20F2N2O3S. The number of halogens is 2. The number of hydrogen-bond acceptors (Lipinski definition) is 5. The number of benzene rings is 2. The summed E-state index contributed by atoms with van der Waals surface area (Å²) in [4.78, 5) is 17.6. The normalized spacial score (nSPS) is 11.8. The topological polar surface area (TPSA) is 60.5 Å². The lowest BCUT2D eigenvalue weighted by atomic mass is 10.1. The molecule has 2 aromatic carbocycles. The van der Waals surface area contributed by atoms with E-state index in [4.69, 9.17) is 9.47 Å². The number of hydrogen-bond donors (Lipinski definition) is 1. The van der Waals surface area contributed by atoms with Crippen LogP contribution < -0.4 is 14.8 Å². The third-order valence-corrected chi connectivity index (χ3v) is 5.25. The summed E-state index contributed by atoms with van der Waals surface area (Å²) in [5.41, 5.74) is 0.986. The van der Waals surface area contributed by atoms with Gasteiger partial charge in [-0.25, -0.2) is 13.8 Å². The van der Waals surface area contributed by atoms with Crippen LogP contribution in [-0.2, 0) is 6.42 Å². The molecule has 0 saturated carbocycles. The van der Waals surface area contributed by atoms with Crippen molar-refractivity contribution in [1.82, 2.24) is 4.98 Å². The van der Waals surface area contributed by atoms with Gasteiger partial charge in [0.1, 0.15) is 28.8 Å². The minimum atomic E-state index is -0.843. The van der Waals surface area contributed by atoms with Crippen LogP contribution >= 0.6 is 11.3 Å². The van der Waals surface area contributed by atoms with Gasteiger partial charge in [0, 0.05) is 12.0 Å². The maximum atomic E-state index is 13.8. The summed E-state index contributed by atoms with van der Waals surface area (Å²) in [5.74, 6) is -1.03. The van der Waals surface area contributed by atoms with Crippen LogP contribution in [-0.4, -0.2) is 24.6 Å². The van der Waals surface area contributed by atoms with Gasteiger partial charge in [-0.05, 0) is 30.3 Å². The fraction of sp³-hybridized carbons (Fsp3) is 0.238. The lowest BCUT2D eigenvalue weighted by Crippen LogP contribution is -2.14. The number of para-hydroxylation sites is 1. The highest BCUT2D eigenvalue weighted by Crippen LogP contribution is 2.41. The second kappa shape index (κ2) is 9.00. The Kier molecular flexibility index (Phi) is 6.43. The van der Waals surface area contributed by atoms with Crippen LogP contribution in [0.4, 0.5) is 14.5 Å². The monoisotopic (exact) mass is 418 g/mol. The Bertz CT molecular complexity index is 1020. The molecule has 1 N–H and O–H groups in total. The lowest BCUT2D eigenvalue weighted by Gasteiger charge is -2.08. The largest absolute Gasteiger partial charge is 0.497 e. The first kappa shape index (κ1) is 20.7. The minimum Gasteiger partial charge on any atom is -0.497 e. The van der Waals surface area contributed by atoms with Crippen molar-refractivity contribution in [2.24, 2.45) is 0 Å². The van der Waals surface area contributed by atoms with Crippen LogP contribution in [0.15, 0.2) is 36.4 Å². The predicted octanol–water partition coefficient (Wildman–Crippen LogP) is 5.31. The number of amides is 1. The Labute approximate surface area is 171 Å². The highest BCUT2D eigenvalue weighted by Gasteiger charge is 2.24. The van der Waals surface area contributed by atoms with Gasteiger partial charge in [0.15, 0.2) is 5.01 Å². The van der Waals surface area contributed by atoms with Gasteiger partial charge in [0.05, 0.1) is 24.3 Å². The van der Waals surface area contributed by atoms with Crippen LogP contribution in [0.25, 0.3) is 10.4 Å². The molecule has 4 rings (SSSR count). The first-order valence-corrected chi connectivity index (χ1v) is 9.94. The number of anilines is 1. The van der Waals surface area contributed by atoms with E-state index in [1.54, 1.807) is 19.2 Å². The van der Waals surface area contributed by atoms with Crippen molar-refractivity contribution in [1.29, 1.82) is 0 Å². The third-order valence-electron chi connectivity index (χ3n) is 4.12. The molecule has 5 nitrogen and oxygen atoms in total. The van der Waals surface area contributed by atoms with E-state index in [-0.39, 0.29) is 5.01 Å². The number of nitrogens with zero attached hydrogens (tertiary/aromatic N) is 1. The van der Waals surface area contributed by atoms with Crippen LogP contribution in [0, 0.1) is 11.6 Å². The number of ether oxygens (including phenoxy) is 2. The van der Waals surface area contributed by atoms with E-state index >= 15 is 0 Å². The Balaban J connectivity index is 0.00000117. The summed E-state index contributed by atoms with van der Waals surface area (Å²) in [6.07, 6.45) is 0.518. The molecule has 0 aliphatic carbocycles. The number of fused-ring (bicyclic) bond motifs is 3. The molecule has 8 heteroatoms. The molecule has 0 unspecified atom stereocenters. The highest BCUT2D eigenvalue weighted by atomic mass is 32.1. The van der Waals surface area contributed by atoms with Crippen LogP contribution in [0.1, 0.15) is 29.3 Å². The molecule has 0 spiro atoms. The van der Waals surface area contributed by atoms with Crippen molar-refractivity contribution < 1.29 is 23.0 Å². The first-order chi connectivity index (χ1) is 14.1. The summed E-state index contributed by atoms with van der Waals surface area (Å²) < 4.78 is 38.6. The third kappa shape index (κ3) is 4.22.